The molecule has 0 aromatic rings. The number of unbranched alkanes of at least 4 members (excludes halogenated alkanes) is 9. The summed E-state index contributed by atoms with van der Waals surface area (Å²) < 4.78 is 0. The molecule has 0 radical (unpaired) electrons. The van der Waals surface area contributed by atoms with Crippen LogP contribution >= 0.6 is 0 Å². The Morgan fingerprint density at radius 3 is 1.71 bits per heavy atom. The zero-order valence-corrected chi connectivity index (χ0v) is 14.8. The van der Waals surface area contributed by atoms with Crippen molar-refractivity contribution in [3.8, 4) is 0 Å². The van der Waals surface area contributed by atoms with Crippen LogP contribution in [0.15, 0.2) is 0 Å². The fourth-order valence-electron chi connectivity index (χ4n) is 2.84. The molecule has 0 amide bonds. The highest BCUT2D eigenvalue weighted by atomic mass is 15.1. The van der Waals surface area contributed by atoms with Crippen molar-refractivity contribution >= 4 is 0 Å². The van der Waals surface area contributed by atoms with Crippen molar-refractivity contribution in [1.82, 2.24) is 4.90 Å². The lowest BCUT2D eigenvalue weighted by atomic mass is 10.1. The Kier molecular flexibility index (Phi) is 16.2. The van der Waals surface area contributed by atoms with Gasteiger partial charge in [-0.3, -0.25) is 0 Å². The first-order valence-electron chi connectivity index (χ1n) is 9.38. The number of rotatable bonds is 16. The summed E-state index contributed by atoms with van der Waals surface area (Å²) in [5.41, 5.74) is 11.5. The summed E-state index contributed by atoms with van der Waals surface area (Å²) in [6.45, 7) is 8.47. The smallest absolute Gasteiger partial charge is 0.0139 e. The molecule has 0 saturated carbocycles. The normalized spacial score (nSPS) is 13.0. The Morgan fingerprint density at radius 1 is 0.762 bits per heavy atom. The van der Waals surface area contributed by atoms with Gasteiger partial charge in [0.15, 0.2) is 0 Å². The summed E-state index contributed by atoms with van der Waals surface area (Å²) in [4.78, 5) is 2.49. The van der Waals surface area contributed by atoms with Crippen molar-refractivity contribution in [3.63, 3.8) is 0 Å². The van der Waals surface area contributed by atoms with Gasteiger partial charge in [-0.05, 0) is 39.4 Å². The van der Waals surface area contributed by atoms with Gasteiger partial charge >= 0.3 is 0 Å². The molecule has 1 unspecified atom stereocenters. The number of hydrogen-bond acceptors (Lipinski definition) is 3. The standard InChI is InChI=1S/C18H41N3/c1-3-4-5-6-7-8-9-10-11-12-15-21(16-13-14-19)17-18(2)20/h18H,3-17,19-20H2,1-2H3. The van der Waals surface area contributed by atoms with Gasteiger partial charge in [-0.15, -0.1) is 0 Å². The SMILES string of the molecule is CCCCCCCCCCCCN(CCCN)CC(C)N. The summed E-state index contributed by atoms with van der Waals surface area (Å²) >= 11 is 0. The second-order valence-electron chi connectivity index (χ2n) is 6.60. The fraction of sp³-hybridized carbons (Fsp3) is 1.00. The first-order valence-corrected chi connectivity index (χ1v) is 9.38. The third-order valence-electron chi connectivity index (χ3n) is 4.05. The Balaban J connectivity index is 3.40. The van der Waals surface area contributed by atoms with E-state index in [-0.39, 0.29) is 6.04 Å². The van der Waals surface area contributed by atoms with E-state index in [1.165, 1.54) is 70.8 Å². The van der Waals surface area contributed by atoms with E-state index in [0.717, 1.165) is 26.1 Å². The van der Waals surface area contributed by atoms with Crippen molar-refractivity contribution in [3.05, 3.63) is 0 Å². The highest BCUT2D eigenvalue weighted by Gasteiger charge is 2.06. The van der Waals surface area contributed by atoms with Crippen LogP contribution in [-0.2, 0) is 0 Å². The van der Waals surface area contributed by atoms with E-state index < -0.39 is 0 Å². The molecule has 0 heterocycles. The fourth-order valence-corrected chi connectivity index (χ4v) is 2.84. The second-order valence-corrected chi connectivity index (χ2v) is 6.60. The molecule has 128 valence electrons. The van der Waals surface area contributed by atoms with Crippen LogP contribution in [0.3, 0.4) is 0 Å². The molecule has 0 rings (SSSR count). The predicted octanol–water partition coefficient (Wildman–Crippen LogP) is 3.91. The molecule has 0 aromatic heterocycles. The van der Waals surface area contributed by atoms with Crippen molar-refractivity contribution < 1.29 is 0 Å². The van der Waals surface area contributed by atoms with E-state index >= 15 is 0 Å². The number of nitrogens with two attached hydrogens (primary N) is 2. The summed E-state index contributed by atoms with van der Waals surface area (Å²) in [7, 11) is 0. The third-order valence-corrected chi connectivity index (χ3v) is 4.05. The van der Waals surface area contributed by atoms with E-state index in [9.17, 15) is 0 Å². The van der Waals surface area contributed by atoms with Crippen LogP contribution in [0, 0.1) is 0 Å². The van der Waals surface area contributed by atoms with Gasteiger partial charge < -0.3 is 16.4 Å². The average Bonchev–Trinajstić information content (AvgIpc) is 2.46. The highest BCUT2D eigenvalue weighted by Crippen LogP contribution is 2.11. The van der Waals surface area contributed by atoms with Crippen LogP contribution in [0.1, 0.15) is 84.5 Å². The quantitative estimate of drug-likeness (QED) is 0.425. The Hall–Kier alpha value is -0.120. The predicted molar refractivity (Wildman–Crippen MR) is 95.6 cm³/mol. The van der Waals surface area contributed by atoms with E-state index in [4.69, 9.17) is 11.5 Å². The van der Waals surface area contributed by atoms with Gasteiger partial charge in [0.1, 0.15) is 0 Å². The molecule has 1 atom stereocenters. The average molecular weight is 300 g/mol. The molecule has 0 aromatic carbocycles. The van der Waals surface area contributed by atoms with Crippen LogP contribution in [0.25, 0.3) is 0 Å². The topological polar surface area (TPSA) is 55.3 Å². The second kappa shape index (κ2) is 16.3. The Morgan fingerprint density at radius 2 is 1.24 bits per heavy atom. The summed E-state index contributed by atoms with van der Waals surface area (Å²) in [5.74, 6) is 0. The molecule has 0 saturated heterocycles. The first kappa shape index (κ1) is 20.9. The van der Waals surface area contributed by atoms with Crippen LogP contribution in [-0.4, -0.2) is 37.1 Å². The zero-order chi connectivity index (χ0) is 15.8. The van der Waals surface area contributed by atoms with Gasteiger partial charge in [-0.2, -0.15) is 0 Å². The monoisotopic (exact) mass is 299 g/mol. The van der Waals surface area contributed by atoms with Crippen LogP contribution in [0.4, 0.5) is 0 Å². The maximum absolute atomic E-state index is 5.91. The van der Waals surface area contributed by atoms with Crippen molar-refractivity contribution in [2.75, 3.05) is 26.2 Å². The lowest BCUT2D eigenvalue weighted by Crippen LogP contribution is -2.37. The molecular weight excluding hydrogens is 258 g/mol. The minimum atomic E-state index is 0.269. The zero-order valence-electron chi connectivity index (χ0n) is 14.8. The number of hydrogen-bond donors (Lipinski definition) is 2. The maximum Gasteiger partial charge on any atom is 0.0139 e. The molecule has 0 spiro atoms. The van der Waals surface area contributed by atoms with E-state index in [1.54, 1.807) is 0 Å². The lowest BCUT2D eigenvalue weighted by molar-refractivity contribution is 0.253. The maximum atomic E-state index is 5.91. The Labute approximate surface area is 133 Å². The Bertz CT molecular complexity index is 195. The van der Waals surface area contributed by atoms with E-state index in [1.807, 2.05) is 0 Å². The molecule has 0 aliphatic rings. The molecule has 4 N–H and O–H groups in total. The van der Waals surface area contributed by atoms with Crippen molar-refractivity contribution in [2.45, 2.75) is 90.5 Å². The van der Waals surface area contributed by atoms with E-state index in [2.05, 4.69) is 18.7 Å². The van der Waals surface area contributed by atoms with Gasteiger partial charge in [0.2, 0.25) is 0 Å². The molecule has 0 bridgehead atoms. The van der Waals surface area contributed by atoms with Crippen LogP contribution in [0.5, 0.6) is 0 Å². The van der Waals surface area contributed by atoms with Gasteiger partial charge in [0, 0.05) is 12.6 Å². The summed E-state index contributed by atoms with van der Waals surface area (Å²) in [6, 6.07) is 0.269. The van der Waals surface area contributed by atoms with Gasteiger partial charge in [-0.1, -0.05) is 64.7 Å². The molecule has 3 nitrogen and oxygen atoms in total. The first-order chi connectivity index (χ1) is 10.2. The van der Waals surface area contributed by atoms with Gasteiger partial charge in [0.05, 0.1) is 0 Å². The van der Waals surface area contributed by atoms with E-state index in [0.29, 0.717) is 0 Å². The highest BCUT2D eigenvalue weighted by molar-refractivity contribution is 4.65. The van der Waals surface area contributed by atoms with Crippen molar-refractivity contribution in [2.24, 2.45) is 11.5 Å². The summed E-state index contributed by atoms with van der Waals surface area (Å²) in [6.07, 6.45) is 15.1. The molecule has 0 fully saturated rings. The lowest BCUT2D eigenvalue weighted by Gasteiger charge is -2.23. The number of nitrogens with zero attached hydrogens (tertiary/aromatic N) is 1. The molecule has 0 aliphatic heterocycles. The molecule has 0 aliphatic carbocycles. The molecular formula is C18H41N3. The van der Waals surface area contributed by atoms with Gasteiger partial charge in [0.25, 0.3) is 0 Å². The largest absolute Gasteiger partial charge is 0.330 e. The van der Waals surface area contributed by atoms with Crippen LogP contribution in [0.2, 0.25) is 0 Å². The minimum Gasteiger partial charge on any atom is -0.330 e. The van der Waals surface area contributed by atoms with Crippen LogP contribution < -0.4 is 11.5 Å². The van der Waals surface area contributed by atoms with Crippen molar-refractivity contribution in [1.29, 1.82) is 0 Å². The minimum absolute atomic E-state index is 0.269. The molecule has 3 heteroatoms. The summed E-state index contributed by atoms with van der Waals surface area (Å²) in [5, 5.41) is 0. The van der Waals surface area contributed by atoms with Gasteiger partial charge in [-0.25, -0.2) is 0 Å². The third kappa shape index (κ3) is 16.1. The molecule has 21 heavy (non-hydrogen) atoms.